The van der Waals surface area contributed by atoms with Crippen molar-refractivity contribution in [2.24, 2.45) is 0 Å². The molecule has 0 saturated carbocycles. The summed E-state index contributed by atoms with van der Waals surface area (Å²) in [7, 11) is -7.14. The average Bonchev–Trinajstić information content (AvgIpc) is 2.63. The van der Waals surface area contributed by atoms with E-state index in [4.69, 9.17) is 23.2 Å². The van der Waals surface area contributed by atoms with Gasteiger partial charge >= 0.3 is 0 Å². The Labute approximate surface area is 187 Å². The third-order valence-corrected chi connectivity index (χ3v) is 7.52. The molecule has 2 aromatic rings. The first-order chi connectivity index (χ1) is 13.7. The lowest BCUT2D eigenvalue weighted by molar-refractivity contribution is -0.122. The summed E-state index contributed by atoms with van der Waals surface area (Å²) in [5.41, 5.74) is 0.878. The van der Waals surface area contributed by atoms with E-state index in [0.717, 1.165) is 16.8 Å². The van der Waals surface area contributed by atoms with Gasteiger partial charge in [0.15, 0.2) is 9.84 Å². The Morgan fingerprint density at radius 2 is 1.50 bits per heavy atom. The predicted octanol–water partition coefficient (Wildman–Crippen LogP) is 3.43. The molecule has 0 heterocycles. The van der Waals surface area contributed by atoms with Gasteiger partial charge in [-0.1, -0.05) is 35.3 Å². The van der Waals surface area contributed by atoms with Crippen LogP contribution < -0.4 is 9.62 Å². The summed E-state index contributed by atoms with van der Waals surface area (Å²) in [6, 6.07) is 8.84. The van der Waals surface area contributed by atoms with Gasteiger partial charge in [-0.2, -0.15) is 0 Å². The second-order valence-corrected chi connectivity index (χ2v) is 11.6. The van der Waals surface area contributed by atoms with Gasteiger partial charge in [-0.3, -0.25) is 9.10 Å². The van der Waals surface area contributed by atoms with Crippen LogP contribution in [0.3, 0.4) is 0 Å². The lowest BCUT2D eigenvalue weighted by Gasteiger charge is -2.29. The second-order valence-electron chi connectivity index (χ2n) is 6.90. The second kappa shape index (κ2) is 9.13. The van der Waals surface area contributed by atoms with Crippen molar-refractivity contribution in [3.05, 3.63) is 58.1 Å². The van der Waals surface area contributed by atoms with Crippen LogP contribution in [0.5, 0.6) is 0 Å². The monoisotopic (exact) mass is 492 g/mol. The van der Waals surface area contributed by atoms with Gasteiger partial charge < -0.3 is 5.32 Å². The van der Waals surface area contributed by atoms with Gasteiger partial charge in [0.2, 0.25) is 15.9 Å². The predicted molar refractivity (Wildman–Crippen MR) is 119 cm³/mol. The largest absolute Gasteiger partial charge is 0.348 e. The van der Waals surface area contributed by atoms with Crippen molar-refractivity contribution in [3.8, 4) is 0 Å². The number of amides is 1. The maximum Gasteiger partial charge on any atom is 0.244 e. The molecule has 0 aromatic heterocycles. The first-order valence-corrected chi connectivity index (χ1v) is 13.3. The maximum absolute atomic E-state index is 12.8. The molecule has 0 saturated heterocycles. The van der Waals surface area contributed by atoms with E-state index in [1.165, 1.54) is 37.3 Å². The molecule has 164 valence electrons. The molecule has 30 heavy (non-hydrogen) atoms. The van der Waals surface area contributed by atoms with E-state index in [1.807, 2.05) is 0 Å². The van der Waals surface area contributed by atoms with Gasteiger partial charge in [-0.15, -0.1) is 0 Å². The molecule has 2 atom stereocenters. The van der Waals surface area contributed by atoms with E-state index in [-0.39, 0.29) is 20.6 Å². The normalized spacial score (nSPS) is 14.1. The number of hydrogen-bond donors (Lipinski definition) is 1. The number of nitrogens with zero attached hydrogens (tertiary/aromatic N) is 1. The molecule has 7 nitrogen and oxygen atoms in total. The molecule has 0 aliphatic rings. The van der Waals surface area contributed by atoms with Crippen LogP contribution in [0.4, 0.5) is 5.69 Å². The standard InChI is InChI=1S/C19H22Cl2N2O5S2/c1-12(14-5-8-16(9-6-14)29(3,25)26)22-19(24)13(2)23(30(4,27)28)15-7-10-17(20)18(21)11-15/h5-13H,1-4H3,(H,22,24). The van der Waals surface area contributed by atoms with Crippen molar-refractivity contribution in [2.45, 2.75) is 30.8 Å². The summed E-state index contributed by atoms with van der Waals surface area (Å²) in [4.78, 5) is 13.0. The summed E-state index contributed by atoms with van der Waals surface area (Å²) >= 11 is 11.9. The van der Waals surface area contributed by atoms with Crippen molar-refractivity contribution >= 4 is 54.7 Å². The molecule has 1 amide bonds. The van der Waals surface area contributed by atoms with Gasteiger partial charge in [0, 0.05) is 6.26 Å². The minimum absolute atomic E-state index is 0.162. The van der Waals surface area contributed by atoms with E-state index in [9.17, 15) is 21.6 Å². The Bertz CT molecular complexity index is 1150. The zero-order valence-corrected chi connectivity index (χ0v) is 19.9. The van der Waals surface area contributed by atoms with E-state index in [2.05, 4.69) is 5.32 Å². The molecule has 0 bridgehead atoms. The van der Waals surface area contributed by atoms with Crippen LogP contribution in [-0.2, 0) is 24.7 Å². The first-order valence-electron chi connectivity index (χ1n) is 8.76. The van der Waals surface area contributed by atoms with Crippen molar-refractivity contribution in [2.75, 3.05) is 16.8 Å². The smallest absolute Gasteiger partial charge is 0.244 e. The quantitative estimate of drug-likeness (QED) is 0.637. The Morgan fingerprint density at radius 1 is 0.933 bits per heavy atom. The number of rotatable bonds is 7. The van der Waals surface area contributed by atoms with Crippen LogP contribution in [0.25, 0.3) is 0 Å². The number of carbonyl (C=O) groups excluding carboxylic acids is 1. The Hall–Kier alpha value is -1.81. The lowest BCUT2D eigenvalue weighted by atomic mass is 10.1. The molecule has 2 rings (SSSR count). The first kappa shape index (κ1) is 24.5. The van der Waals surface area contributed by atoms with Crippen LogP contribution in [0.2, 0.25) is 10.0 Å². The maximum atomic E-state index is 12.8. The number of carbonyl (C=O) groups is 1. The fourth-order valence-corrected chi connectivity index (χ4v) is 4.94. The Kier molecular flexibility index (Phi) is 7.45. The SMILES string of the molecule is CC(NC(=O)C(C)N(c1ccc(Cl)c(Cl)c1)S(C)(=O)=O)c1ccc(S(C)(=O)=O)cc1. The highest BCUT2D eigenvalue weighted by atomic mass is 35.5. The summed E-state index contributed by atoms with van der Waals surface area (Å²) in [6.07, 6.45) is 2.10. The molecule has 2 aromatic carbocycles. The fraction of sp³-hybridized carbons (Fsp3) is 0.316. The van der Waals surface area contributed by atoms with Crippen LogP contribution in [-0.4, -0.2) is 41.3 Å². The summed E-state index contributed by atoms with van der Waals surface area (Å²) in [5.74, 6) is -0.536. The van der Waals surface area contributed by atoms with Crippen molar-refractivity contribution in [1.29, 1.82) is 0 Å². The van der Waals surface area contributed by atoms with Crippen molar-refractivity contribution < 1.29 is 21.6 Å². The van der Waals surface area contributed by atoms with Gasteiger partial charge in [0.05, 0.1) is 32.9 Å². The fourth-order valence-electron chi connectivity index (χ4n) is 2.85. The number of nitrogens with one attached hydrogen (secondary N) is 1. The van der Waals surface area contributed by atoms with Crippen LogP contribution in [0, 0.1) is 0 Å². The minimum Gasteiger partial charge on any atom is -0.348 e. The van der Waals surface area contributed by atoms with Gasteiger partial charge in [0.1, 0.15) is 6.04 Å². The number of sulfonamides is 1. The molecule has 11 heteroatoms. The number of sulfone groups is 1. The molecule has 1 N–H and O–H groups in total. The van der Waals surface area contributed by atoms with Gasteiger partial charge in [-0.05, 0) is 49.7 Å². The molecular weight excluding hydrogens is 471 g/mol. The van der Waals surface area contributed by atoms with Crippen LogP contribution >= 0.6 is 23.2 Å². The Morgan fingerprint density at radius 3 is 1.97 bits per heavy atom. The summed E-state index contributed by atoms with van der Waals surface area (Å²) in [5, 5.41) is 3.17. The van der Waals surface area contributed by atoms with E-state index in [0.29, 0.717) is 5.56 Å². The highest BCUT2D eigenvalue weighted by Gasteiger charge is 2.30. The molecule has 2 unspecified atom stereocenters. The Balaban J connectivity index is 2.25. The lowest BCUT2D eigenvalue weighted by Crippen LogP contribution is -2.48. The summed E-state index contributed by atoms with van der Waals surface area (Å²) < 4.78 is 48.9. The van der Waals surface area contributed by atoms with Crippen LogP contribution in [0.15, 0.2) is 47.4 Å². The third kappa shape index (κ3) is 5.87. The van der Waals surface area contributed by atoms with Gasteiger partial charge in [0.25, 0.3) is 0 Å². The number of hydrogen-bond acceptors (Lipinski definition) is 5. The number of halogens is 2. The minimum atomic E-state index is -3.81. The molecule has 0 spiro atoms. The zero-order chi connectivity index (χ0) is 22.9. The number of benzene rings is 2. The molecule has 0 aliphatic heterocycles. The molecular formula is C19H22Cl2N2O5S2. The van der Waals surface area contributed by atoms with E-state index < -0.39 is 37.9 Å². The highest BCUT2D eigenvalue weighted by molar-refractivity contribution is 7.92. The topological polar surface area (TPSA) is 101 Å². The number of anilines is 1. The molecule has 0 radical (unpaired) electrons. The molecule has 0 aliphatic carbocycles. The summed E-state index contributed by atoms with van der Waals surface area (Å²) in [6.45, 7) is 3.17. The zero-order valence-electron chi connectivity index (χ0n) is 16.8. The van der Waals surface area contributed by atoms with E-state index >= 15 is 0 Å². The van der Waals surface area contributed by atoms with E-state index in [1.54, 1.807) is 19.1 Å². The van der Waals surface area contributed by atoms with Gasteiger partial charge in [-0.25, -0.2) is 16.8 Å². The molecule has 0 fully saturated rings. The van der Waals surface area contributed by atoms with Crippen LogP contribution in [0.1, 0.15) is 25.5 Å². The van der Waals surface area contributed by atoms with Crippen molar-refractivity contribution in [3.63, 3.8) is 0 Å². The third-order valence-electron chi connectivity index (χ3n) is 4.41. The average molecular weight is 493 g/mol. The van der Waals surface area contributed by atoms with Crippen molar-refractivity contribution in [1.82, 2.24) is 5.32 Å². The highest BCUT2D eigenvalue weighted by Crippen LogP contribution is 2.30.